The second-order valence-electron chi connectivity index (χ2n) is 11.6. The second-order valence-corrected chi connectivity index (χ2v) is 20.5. The third-order valence-corrected chi connectivity index (χ3v) is 18.4. The van der Waals surface area contributed by atoms with E-state index < -0.39 is 16.6 Å². The van der Waals surface area contributed by atoms with Crippen LogP contribution in [-0.2, 0) is 4.12 Å². The maximum Gasteiger partial charge on any atom is 0.204 e. The fourth-order valence-corrected chi connectivity index (χ4v) is 13.1. The van der Waals surface area contributed by atoms with Gasteiger partial charge in [0, 0.05) is 52.4 Å². The first-order valence-corrected chi connectivity index (χ1v) is 17.9. The first-order chi connectivity index (χ1) is 14.5. The minimum absolute atomic E-state index is 0.253. The zero-order valence-corrected chi connectivity index (χ0v) is 23.9. The highest BCUT2D eigenvalue weighted by atomic mass is 28.4. The smallest absolute Gasteiger partial charge is 0.204 e. The molecule has 0 radical (unpaired) electrons. The molecule has 7 heteroatoms. The van der Waals surface area contributed by atoms with E-state index in [0.717, 1.165) is 0 Å². The summed E-state index contributed by atoms with van der Waals surface area (Å²) in [5, 5.41) is 0.253. The van der Waals surface area contributed by atoms with Gasteiger partial charge in [0.1, 0.15) is 0 Å². The molecule has 0 amide bonds. The van der Waals surface area contributed by atoms with Gasteiger partial charge < -0.3 is 23.7 Å². The van der Waals surface area contributed by atoms with Gasteiger partial charge in [0.25, 0.3) is 0 Å². The Kier molecular flexibility index (Phi) is 10.5. The molecule has 31 heavy (non-hydrogen) atoms. The molecule has 0 saturated carbocycles. The second kappa shape index (κ2) is 11.9. The Balaban J connectivity index is 1.96. The van der Waals surface area contributed by atoms with Crippen LogP contribution < -0.4 is 0 Å². The number of piperazine rings is 2. The topological polar surface area (TPSA) is 22.2 Å². The van der Waals surface area contributed by atoms with E-state index in [-0.39, 0.29) is 5.04 Å². The van der Waals surface area contributed by atoms with Gasteiger partial charge in [-0.3, -0.25) is 0 Å². The Bertz CT molecular complexity index is 508. The van der Waals surface area contributed by atoms with E-state index in [2.05, 4.69) is 79.8 Å². The van der Waals surface area contributed by atoms with Crippen molar-refractivity contribution in [2.75, 3.05) is 79.5 Å². The minimum atomic E-state index is -1.96. The molecule has 2 aliphatic rings. The average molecular weight is 469 g/mol. The average Bonchev–Trinajstić information content (AvgIpc) is 2.69. The molecule has 0 bridgehead atoms. The molecule has 0 N–H and O–H groups in total. The van der Waals surface area contributed by atoms with Crippen molar-refractivity contribution in [1.29, 1.82) is 0 Å². The van der Waals surface area contributed by atoms with Crippen LogP contribution in [0.1, 0.15) is 33.6 Å². The summed E-state index contributed by atoms with van der Waals surface area (Å²) in [5.74, 6) is 0. The van der Waals surface area contributed by atoms with Gasteiger partial charge in [0.05, 0.1) is 0 Å². The SMILES string of the molecule is C=C[Si](CCCN1CCN(C)CC1)(CCCN1CCN(C)CC1)O[Si](C)(C)C(C)(C)C. The molecule has 5 nitrogen and oxygen atoms in total. The van der Waals surface area contributed by atoms with Gasteiger partial charge in [0.15, 0.2) is 8.32 Å². The zero-order valence-electron chi connectivity index (χ0n) is 21.9. The van der Waals surface area contributed by atoms with Crippen LogP contribution in [-0.4, -0.2) is 116 Å². The fourth-order valence-electron chi connectivity index (χ4n) is 4.48. The van der Waals surface area contributed by atoms with Crippen LogP contribution >= 0.6 is 0 Å². The molecule has 2 rings (SSSR count). The molecule has 0 aliphatic carbocycles. The number of hydrogen-bond acceptors (Lipinski definition) is 5. The van der Waals surface area contributed by atoms with Crippen LogP contribution in [0.4, 0.5) is 0 Å². The van der Waals surface area contributed by atoms with E-state index in [1.165, 1.54) is 90.4 Å². The standard InChI is InChI=1S/C24H52N4OSi2/c1-9-31(29-30(7,8)24(2,3)4,22-10-12-27-18-14-25(5)15-19-27)23-11-13-28-20-16-26(6)17-21-28/h9H,1,10-23H2,2-8H3. The number of nitrogens with zero attached hydrogens (tertiary/aromatic N) is 4. The van der Waals surface area contributed by atoms with E-state index in [4.69, 9.17) is 4.12 Å². The lowest BCUT2D eigenvalue weighted by Crippen LogP contribution is -2.52. The highest BCUT2D eigenvalue weighted by Crippen LogP contribution is 2.40. The summed E-state index contributed by atoms with van der Waals surface area (Å²) >= 11 is 0. The molecule has 2 aliphatic heterocycles. The predicted molar refractivity (Wildman–Crippen MR) is 141 cm³/mol. The Morgan fingerprint density at radius 1 is 0.774 bits per heavy atom. The summed E-state index contributed by atoms with van der Waals surface area (Å²) in [6.45, 7) is 28.4. The summed E-state index contributed by atoms with van der Waals surface area (Å²) in [6.07, 6.45) is 2.51. The van der Waals surface area contributed by atoms with Crippen LogP contribution in [0.2, 0.25) is 30.2 Å². The Morgan fingerprint density at radius 3 is 1.48 bits per heavy atom. The van der Waals surface area contributed by atoms with Gasteiger partial charge in [-0.1, -0.05) is 26.5 Å². The van der Waals surface area contributed by atoms with Crippen LogP contribution in [0.5, 0.6) is 0 Å². The van der Waals surface area contributed by atoms with Crippen molar-refractivity contribution in [2.24, 2.45) is 0 Å². The Labute approximate surface area is 196 Å². The van der Waals surface area contributed by atoms with Gasteiger partial charge >= 0.3 is 0 Å². The lowest BCUT2D eigenvalue weighted by molar-refractivity contribution is 0.153. The molecule has 2 saturated heterocycles. The lowest BCUT2D eigenvalue weighted by Gasteiger charge is -2.44. The van der Waals surface area contributed by atoms with E-state index in [0.29, 0.717) is 0 Å². The quantitative estimate of drug-likeness (QED) is 0.427. The summed E-state index contributed by atoms with van der Waals surface area (Å²) < 4.78 is 7.26. The highest BCUT2D eigenvalue weighted by Gasteiger charge is 2.44. The van der Waals surface area contributed by atoms with Crippen LogP contribution in [0, 0.1) is 0 Å². The van der Waals surface area contributed by atoms with E-state index in [1.54, 1.807) is 0 Å². The normalized spacial score (nSPS) is 21.5. The minimum Gasteiger partial charge on any atom is -0.452 e. The highest BCUT2D eigenvalue weighted by molar-refractivity contribution is 6.89. The molecule has 0 aromatic heterocycles. The predicted octanol–water partition coefficient (Wildman–Crippen LogP) is 3.95. The largest absolute Gasteiger partial charge is 0.452 e. The van der Waals surface area contributed by atoms with E-state index in [9.17, 15) is 0 Å². The van der Waals surface area contributed by atoms with Gasteiger partial charge in [-0.05, 0) is 70.2 Å². The van der Waals surface area contributed by atoms with Crippen molar-refractivity contribution >= 4 is 16.6 Å². The lowest BCUT2D eigenvalue weighted by atomic mass is 10.2. The van der Waals surface area contributed by atoms with Crippen LogP contribution in [0.15, 0.2) is 12.3 Å². The van der Waals surface area contributed by atoms with Crippen molar-refractivity contribution in [3.05, 3.63) is 12.3 Å². The summed E-state index contributed by atoms with van der Waals surface area (Å²) in [7, 11) is 0.705. The first kappa shape index (κ1) is 27.2. The molecule has 2 heterocycles. The van der Waals surface area contributed by atoms with Crippen molar-refractivity contribution in [3.63, 3.8) is 0 Å². The molecule has 0 aromatic carbocycles. The summed E-state index contributed by atoms with van der Waals surface area (Å²) in [5.41, 5.74) is 2.31. The van der Waals surface area contributed by atoms with E-state index >= 15 is 0 Å². The third kappa shape index (κ3) is 8.68. The summed E-state index contributed by atoms with van der Waals surface area (Å²) in [6, 6.07) is 2.47. The Morgan fingerprint density at radius 2 is 1.16 bits per heavy atom. The number of rotatable bonds is 11. The van der Waals surface area contributed by atoms with E-state index in [1.807, 2.05) is 0 Å². The van der Waals surface area contributed by atoms with Crippen LogP contribution in [0.3, 0.4) is 0 Å². The molecule has 0 atom stereocenters. The maximum atomic E-state index is 7.26. The van der Waals surface area contributed by atoms with Gasteiger partial charge in [-0.25, -0.2) is 0 Å². The molecule has 0 spiro atoms. The maximum absolute atomic E-state index is 7.26. The van der Waals surface area contributed by atoms with Crippen molar-refractivity contribution in [1.82, 2.24) is 19.6 Å². The monoisotopic (exact) mass is 468 g/mol. The van der Waals surface area contributed by atoms with Crippen molar-refractivity contribution < 1.29 is 4.12 Å². The number of hydrogen-bond donors (Lipinski definition) is 0. The molecular weight excluding hydrogens is 416 g/mol. The molecule has 0 unspecified atom stereocenters. The molecular formula is C24H52N4OSi2. The number of likely N-dealkylation sites (N-methyl/N-ethyl adjacent to an activating group) is 2. The third-order valence-electron chi connectivity index (χ3n) is 7.98. The summed E-state index contributed by atoms with van der Waals surface area (Å²) in [4.78, 5) is 10.2. The molecule has 182 valence electrons. The van der Waals surface area contributed by atoms with Gasteiger partial charge in [-0.2, -0.15) is 0 Å². The van der Waals surface area contributed by atoms with Gasteiger partial charge in [0.2, 0.25) is 8.32 Å². The van der Waals surface area contributed by atoms with Crippen molar-refractivity contribution in [2.45, 2.75) is 63.8 Å². The fraction of sp³-hybridized carbons (Fsp3) is 0.917. The van der Waals surface area contributed by atoms with Crippen molar-refractivity contribution in [3.8, 4) is 0 Å². The zero-order chi connectivity index (χ0) is 23.1. The molecule has 0 aromatic rings. The van der Waals surface area contributed by atoms with Gasteiger partial charge in [-0.15, -0.1) is 6.58 Å². The first-order valence-electron chi connectivity index (χ1n) is 12.6. The Hall–Kier alpha value is -0.0262. The van der Waals surface area contributed by atoms with Crippen LogP contribution in [0.25, 0.3) is 0 Å². The molecule has 2 fully saturated rings.